The van der Waals surface area contributed by atoms with Gasteiger partial charge in [-0.05, 0) is 19.4 Å². The van der Waals surface area contributed by atoms with Crippen LogP contribution in [0.25, 0.3) is 0 Å². The monoisotopic (exact) mass is 289 g/mol. The minimum absolute atomic E-state index is 0.0670. The number of sulfone groups is 1. The second-order valence-electron chi connectivity index (χ2n) is 4.88. The molecular formula is C12H23N3O3S. The molecule has 0 aliphatic carbocycles. The summed E-state index contributed by atoms with van der Waals surface area (Å²) < 4.78 is 27.5. The van der Waals surface area contributed by atoms with E-state index >= 15 is 0 Å². The number of aromatic nitrogens is 2. The van der Waals surface area contributed by atoms with Crippen molar-refractivity contribution in [1.29, 1.82) is 0 Å². The van der Waals surface area contributed by atoms with Crippen LogP contribution in [0.4, 0.5) is 0 Å². The first kappa shape index (κ1) is 16.1. The third-order valence-electron chi connectivity index (χ3n) is 2.96. The molecule has 19 heavy (non-hydrogen) atoms. The highest BCUT2D eigenvalue weighted by atomic mass is 32.2. The molecule has 7 heteroatoms. The van der Waals surface area contributed by atoms with Gasteiger partial charge in [0, 0.05) is 12.3 Å². The van der Waals surface area contributed by atoms with Gasteiger partial charge in [-0.25, -0.2) is 8.42 Å². The van der Waals surface area contributed by atoms with Gasteiger partial charge in [-0.1, -0.05) is 25.9 Å². The first-order valence-electron chi connectivity index (χ1n) is 6.61. The molecule has 0 bridgehead atoms. The Morgan fingerprint density at radius 3 is 2.58 bits per heavy atom. The van der Waals surface area contributed by atoms with Crippen LogP contribution in [0.2, 0.25) is 0 Å². The molecule has 1 heterocycles. The van der Waals surface area contributed by atoms with Crippen LogP contribution in [0.3, 0.4) is 0 Å². The largest absolute Gasteiger partial charge is 0.339 e. The molecule has 1 N–H and O–H groups in total. The van der Waals surface area contributed by atoms with Crippen LogP contribution in [-0.2, 0) is 15.6 Å². The van der Waals surface area contributed by atoms with Gasteiger partial charge in [-0.2, -0.15) is 4.98 Å². The molecule has 0 saturated heterocycles. The van der Waals surface area contributed by atoms with E-state index in [4.69, 9.17) is 4.52 Å². The van der Waals surface area contributed by atoms with Crippen LogP contribution in [-0.4, -0.2) is 37.4 Å². The molecule has 0 spiro atoms. The lowest BCUT2D eigenvalue weighted by Gasteiger charge is -2.20. The van der Waals surface area contributed by atoms with E-state index in [2.05, 4.69) is 29.3 Å². The molecule has 1 rings (SSSR count). The number of nitrogens with one attached hydrogen (secondary N) is 1. The summed E-state index contributed by atoms with van der Waals surface area (Å²) >= 11 is 0. The van der Waals surface area contributed by atoms with Crippen molar-refractivity contribution in [3.05, 3.63) is 11.7 Å². The number of hydrogen-bond donors (Lipinski definition) is 1. The Bertz CT molecular complexity index is 484. The lowest BCUT2D eigenvalue weighted by Crippen LogP contribution is -2.33. The van der Waals surface area contributed by atoms with Crippen LogP contribution < -0.4 is 5.32 Å². The average molecular weight is 289 g/mol. The van der Waals surface area contributed by atoms with Crippen LogP contribution >= 0.6 is 0 Å². The second kappa shape index (κ2) is 7.00. The van der Waals surface area contributed by atoms with Crippen LogP contribution in [0.1, 0.15) is 51.2 Å². The Hall–Kier alpha value is -0.950. The normalized spacial score (nSPS) is 15.4. The van der Waals surface area contributed by atoms with E-state index in [1.807, 2.05) is 6.92 Å². The van der Waals surface area contributed by atoms with Gasteiger partial charge in [0.15, 0.2) is 15.7 Å². The fourth-order valence-electron chi connectivity index (χ4n) is 1.92. The van der Waals surface area contributed by atoms with Gasteiger partial charge in [-0.3, -0.25) is 0 Å². The second-order valence-corrected chi connectivity index (χ2v) is 7.02. The summed E-state index contributed by atoms with van der Waals surface area (Å²) in [5.41, 5.74) is 0. The quantitative estimate of drug-likeness (QED) is 0.780. The Balaban J connectivity index is 2.73. The minimum Gasteiger partial charge on any atom is -0.339 e. The van der Waals surface area contributed by atoms with Crippen LogP contribution in [0, 0.1) is 0 Å². The van der Waals surface area contributed by atoms with Crippen molar-refractivity contribution in [2.45, 2.75) is 51.3 Å². The number of hydrogen-bond acceptors (Lipinski definition) is 6. The summed E-state index contributed by atoms with van der Waals surface area (Å²) in [6.45, 7) is 7.15. The third kappa shape index (κ3) is 5.28. The maximum atomic E-state index is 11.2. The minimum atomic E-state index is -3.13. The molecule has 0 aliphatic heterocycles. The SMILES string of the molecule is CCCNC(CC)C(C)c1nc(CS(C)(=O)=O)no1. The zero-order valence-corrected chi connectivity index (χ0v) is 12.8. The molecule has 2 atom stereocenters. The van der Waals surface area contributed by atoms with Gasteiger partial charge in [-0.15, -0.1) is 0 Å². The van der Waals surface area contributed by atoms with Crippen molar-refractivity contribution < 1.29 is 12.9 Å². The van der Waals surface area contributed by atoms with Crippen LogP contribution in [0.5, 0.6) is 0 Å². The summed E-state index contributed by atoms with van der Waals surface area (Å²) in [5, 5.41) is 7.16. The zero-order valence-electron chi connectivity index (χ0n) is 12.0. The van der Waals surface area contributed by atoms with E-state index in [0.717, 1.165) is 25.6 Å². The topological polar surface area (TPSA) is 85.1 Å². The summed E-state index contributed by atoms with van der Waals surface area (Å²) in [5.74, 6) is 0.615. The predicted octanol–water partition coefficient (Wildman–Crippen LogP) is 1.50. The smallest absolute Gasteiger partial charge is 0.231 e. The fourth-order valence-corrected chi connectivity index (χ4v) is 2.51. The van der Waals surface area contributed by atoms with E-state index in [-0.39, 0.29) is 23.5 Å². The van der Waals surface area contributed by atoms with Gasteiger partial charge in [0.1, 0.15) is 5.75 Å². The highest BCUT2D eigenvalue weighted by Crippen LogP contribution is 2.20. The Kier molecular flexibility index (Phi) is 5.93. The number of rotatable bonds is 8. The summed E-state index contributed by atoms with van der Waals surface area (Å²) in [4.78, 5) is 4.18. The Morgan fingerprint density at radius 1 is 1.37 bits per heavy atom. The van der Waals surface area contributed by atoms with E-state index in [1.165, 1.54) is 0 Å². The molecule has 0 radical (unpaired) electrons. The standard InChI is InChI=1S/C12H23N3O3S/c1-5-7-13-10(6-2)9(3)12-14-11(15-18-12)8-19(4,16)17/h9-10,13H,5-8H2,1-4H3. The van der Waals surface area contributed by atoms with E-state index in [0.29, 0.717) is 5.89 Å². The van der Waals surface area contributed by atoms with E-state index < -0.39 is 9.84 Å². The van der Waals surface area contributed by atoms with Gasteiger partial charge < -0.3 is 9.84 Å². The first-order valence-corrected chi connectivity index (χ1v) is 8.67. The van der Waals surface area contributed by atoms with Crippen molar-refractivity contribution in [3.8, 4) is 0 Å². The lowest BCUT2D eigenvalue weighted by atomic mass is 9.99. The molecule has 0 fully saturated rings. The van der Waals surface area contributed by atoms with Gasteiger partial charge in [0.05, 0.1) is 5.92 Å². The highest BCUT2D eigenvalue weighted by molar-refractivity contribution is 7.89. The molecule has 2 unspecified atom stereocenters. The zero-order chi connectivity index (χ0) is 14.5. The predicted molar refractivity (Wildman–Crippen MR) is 73.6 cm³/mol. The maximum Gasteiger partial charge on any atom is 0.231 e. The van der Waals surface area contributed by atoms with E-state index in [1.54, 1.807) is 0 Å². The molecule has 6 nitrogen and oxygen atoms in total. The molecular weight excluding hydrogens is 266 g/mol. The van der Waals surface area contributed by atoms with Crippen molar-refractivity contribution >= 4 is 9.84 Å². The van der Waals surface area contributed by atoms with E-state index in [9.17, 15) is 8.42 Å². The maximum absolute atomic E-state index is 11.2. The number of nitrogens with zero attached hydrogens (tertiary/aromatic N) is 2. The molecule has 0 amide bonds. The molecule has 0 saturated carbocycles. The van der Waals surface area contributed by atoms with Crippen molar-refractivity contribution in [2.75, 3.05) is 12.8 Å². The first-order chi connectivity index (χ1) is 8.87. The summed E-state index contributed by atoms with van der Waals surface area (Å²) in [7, 11) is -3.13. The fraction of sp³-hybridized carbons (Fsp3) is 0.833. The molecule has 1 aromatic heterocycles. The molecule has 110 valence electrons. The highest BCUT2D eigenvalue weighted by Gasteiger charge is 2.23. The molecule has 0 aromatic carbocycles. The third-order valence-corrected chi connectivity index (χ3v) is 3.75. The lowest BCUT2D eigenvalue weighted by molar-refractivity contribution is 0.318. The van der Waals surface area contributed by atoms with Gasteiger partial charge in [0.2, 0.25) is 5.89 Å². The Labute approximate surface area is 114 Å². The summed E-state index contributed by atoms with van der Waals surface area (Å²) in [6.07, 6.45) is 3.17. The van der Waals surface area contributed by atoms with Gasteiger partial charge >= 0.3 is 0 Å². The van der Waals surface area contributed by atoms with Gasteiger partial charge in [0.25, 0.3) is 0 Å². The Morgan fingerprint density at radius 2 is 2.05 bits per heavy atom. The molecule has 1 aromatic rings. The van der Waals surface area contributed by atoms with Crippen molar-refractivity contribution in [3.63, 3.8) is 0 Å². The average Bonchev–Trinajstić information content (AvgIpc) is 2.75. The summed E-state index contributed by atoms with van der Waals surface area (Å²) in [6, 6.07) is 0.256. The van der Waals surface area contributed by atoms with Crippen molar-refractivity contribution in [1.82, 2.24) is 15.5 Å². The van der Waals surface area contributed by atoms with Crippen molar-refractivity contribution in [2.24, 2.45) is 0 Å². The molecule has 0 aliphatic rings. The van der Waals surface area contributed by atoms with Crippen LogP contribution in [0.15, 0.2) is 4.52 Å².